The highest BCUT2D eigenvalue weighted by molar-refractivity contribution is 5.89. The van der Waals surface area contributed by atoms with E-state index in [0.29, 0.717) is 29.2 Å². The predicted molar refractivity (Wildman–Crippen MR) is 119 cm³/mol. The molecular formula is C24H26N2O5. The zero-order valence-electron chi connectivity index (χ0n) is 17.7. The van der Waals surface area contributed by atoms with Crippen LogP contribution in [0.2, 0.25) is 0 Å². The molecular weight excluding hydrogens is 396 g/mol. The summed E-state index contributed by atoms with van der Waals surface area (Å²) in [6.45, 7) is 4.72. The van der Waals surface area contributed by atoms with Gasteiger partial charge in [-0.25, -0.2) is 9.59 Å². The summed E-state index contributed by atoms with van der Waals surface area (Å²) in [7, 11) is 2.11. The van der Waals surface area contributed by atoms with Crippen molar-refractivity contribution in [3.63, 3.8) is 0 Å². The first-order valence-corrected chi connectivity index (χ1v) is 10.4. The van der Waals surface area contributed by atoms with Crippen molar-refractivity contribution in [2.24, 2.45) is 5.92 Å². The number of nitrogens with one attached hydrogen (secondary N) is 1. The van der Waals surface area contributed by atoms with Crippen molar-refractivity contribution >= 4 is 22.7 Å². The van der Waals surface area contributed by atoms with Crippen LogP contribution in [-0.2, 0) is 11.3 Å². The van der Waals surface area contributed by atoms with Crippen LogP contribution >= 0.6 is 0 Å². The number of carbonyl (C=O) groups is 1. The SMILES string of the molecule is Cc1c(OCC2CCN(C)C2)ccc2cc(NC(=O)OCc3ccccc3)c(=O)oc12. The summed E-state index contributed by atoms with van der Waals surface area (Å²) in [4.78, 5) is 26.8. The molecule has 1 saturated heterocycles. The number of nitrogens with zero attached hydrogens (tertiary/aromatic N) is 1. The van der Waals surface area contributed by atoms with Crippen molar-refractivity contribution in [1.82, 2.24) is 4.90 Å². The molecule has 7 heteroatoms. The van der Waals surface area contributed by atoms with Gasteiger partial charge in [0.25, 0.3) is 0 Å². The van der Waals surface area contributed by atoms with E-state index in [-0.39, 0.29) is 12.3 Å². The summed E-state index contributed by atoms with van der Waals surface area (Å²) in [6.07, 6.45) is 0.405. The number of hydrogen-bond donors (Lipinski definition) is 1. The summed E-state index contributed by atoms with van der Waals surface area (Å²) in [5, 5.41) is 3.17. The normalized spacial score (nSPS) is 16.4. The molecule has 0 spiro atoms. The molecule has 31 heavy (non-hydrogen) atoms. The van der Waals surface area contributed by atoms with Crippen LogP contribution < -0.4 is 15.7 Å². The zero-order valence-corrected chi connectivity index (χ0v) is 17.7. The molecule has 1 atom stereocenters. The van der Waals surface area contributed by atoms with Gasteiger partial charge in [-0.05, 0) is 50.7 Å². The first kappa shape index (κ1) is 20.9. The minimum atomic E-state index is -0.714. The summed E-state index contributed by atoms with van der Waals surface area (Å²) in [6, 6.07) is 14.6. The third-order valence-corrected chi connectivity index (χ3v) is 5.51. The zero-order chi connectivity index (χ0) is 21.8. The third kappa shape index (κ3) is 5.06. The number of amides is 1. The molecule has 0 radical (unpaired) electrons. The topological polar surface area (TPSA) is 81.0 Å². The van der Waals surface area contributed by atoms with E-state index in [1.165, 1.54) is 0 Å². The van der Waals surface area contributed by atoms with Crippen molar-refractivity contribution in [3.8, 4) is 5.75 Å². The van der Waals surface area contributed by atoms with Crippen molar-refractivity contribution < 1.29 is 18.7 Å². The van der Waals surface area contributed by atoms with Crippen LogP contribution in [-0.4, -0.2) is 37.7 Å². The van der Waals surface area contributed by atoms with E-state index in [2.05, 4.69) is 17.3 Å². The van der Waals surface area contributed by atoms with Gasteiger partial charge >= 0.3 is 11.7 Å². The van der Waals surface area contributed by atoms with Crippen molar-refractivity contribution in [2.45, 2.75) is 20.0 Å². The van der Waals surface area contributed by atoms with Gasteiger partial charge in [0.05, 0.1) is 6.61 Å². The lowest BCUT2D eigenvalue weighted by Crippen LogP contribution is -2.19. The molecule has 0 bridgehead atoms. The van der Waals surface area contributed by atoms with Crippen LogP contribution in [0.4, 0.5) is 10.5 Å². The lowest BCUT2D eigenvalue weighted by molar-refractivity contribution is 0.155. The van der Waals surface area contributed by atoms with Crippen LogP contribution in [0.15, 0.2) is 57.7 Å². The third-order valence-electron chi connectivity index (χ3n) is 5.51. The van der Waals surface area contributed by atoms with E-state index in [4.69, 9.17) is 13.9 Å². The second-order valence-corrected chi connectivity index (χ2v) is 7.97. The van der Waals surface area contributed by atoms with Gasteiger partial charge in [-0.3, -0.25) is 5.32 Å². The van der Waals surface area contributed by atoms with Crippen LogP contribution in [0.25, 0.3) is 11.0 Å². The Morgan fingerprint density at radius 3 is 2.77 bits per heavy atom. The standard InChI is InChI=1S/C24H26N2O5/c1-16-21(29-15-18-10-11-26(2)13-18)9-8-19-12-20(23(27)31-22(16)19)25-24(28)30-14-17-6-4-3-5-7-17/h3-9,12,18H,10-11,13-15H2,1-2H3,(H,25,28). The summed E-state index contributed by atoms with van der Waals surface area (Å²) in [5.74, 6) is 1.20. The van der Waals surface area contributed by atoms with Gasteiger partial charge in [0, 0.05) is 23.4 Å². The lowest BCUT2D eigenvalue weighted by Gasteiger charge is -2.15. The quantitative estimate of drug-likeness (QED) is 0.600. The number of aryl methyl sites for hydroxylation is 1. The van der Waals surface area contributed by atoms with Gasteiger partial charge in [-0.1, -0.05) is 30.3 Å². The molecule has 2 heterocycles. The minimum Gasteiger partial charge on any atom is -0.493 e. The van der Waals surface area contributed by atoms with E-state index < -0.39 is 11.7 Å². The molecule has 162 valence electrons. The van der Waals surface area contributed by atoms with Crippen LogP contribution in [0.1, 0.15) is 17.5 Å². The minimum absolute atomic E-state index is 0.0348. The fourth-order valence-electron chi connectivity index (χ4n) is 3.79. The Bertz CT molecular complexity index is 1130. The van der Waals surface area contributed by atoms with Crippen LogP contribution in [0.3, 0.4) is 0 Å². The summed E-state index contributed by atoms with van der Waals surface area (Å²) in [5.41, 5.74) is 1.47. The lowest BCUT2D eigenvalue weighted by atomic mass is 10.1. The van der Waals surface area contributed by atoms with Crippen LogP contribution in [0.5, 0.6) is 5.75 Å². The summed E-state index contributed by atoms with van der Waals surface area (Å²) >= 11 is 0. The number of fused-ring (bicyclic) bond motifs is 1. The Morgan fingerprint density at radius 2 is 2.03 bits per heavy atom. The molecule has 1 aliphatic heterocycles. The Labute approximate surface area is 180 Å². The maximum Gasteiger partial charge on any atom is 0.412 e. The average molecular weight is 422 g/mol. The highest BCUT2D eigenvalue weighted by Crippen LogP contribution is 2.28. The number of rotatable bonds is 6. The monoisotopic (exact) mass is 422 g/mol. The largest absolute Gasteiger partial charge is 0.493 e. The summed E-state index contributed by atoms with van der Waals surface area (Å²) < 4.78 is 16.7. The van der Waals surface area contributed by atoms with Gasteiger partial charge < -0.3 is 18.8 Å². The number of carbonyl (C=O) groups excluding carboxylic acids is 1. The van der Waals surface area contributed by atoms with Crippen molar-refractivity contribution in [3.05, 3.63) is 70.1 Å². The molecule has 1 fully saturated rings. The molecule has 2 aromatic carbocycles. The van der Waals surface area contributed by atoms with Crippen molar-refractivity contribution in [2.75, 3.05) is 32.1 Å². The van der Waals surface area contributed by atoms with Gasteiger partial charge in [-0.15, -0.1) is 0 Å². The van der Waals surface area contributed by atoms with E-state index in [1.807, 2.05) is 49.4 Å². The van der Waals surface area contributed by atoms with E-state index in [1.54, 1.807) is 6.07 Å². The fraction of sp³-hybridized carbons (Fsp3) is 0.333. The second-order valence-electron chi connectivity index (χ2n) is 7.97. The molecule has 7 nitrogen and oxygen atoms in total. The van der Waals surface area contributed by atoms with Crippen LogP contribution in [0, 0.1) is 12.8 Å². The molecule has 1 aromatic heterocycles. The van der Waals surface area contributed by atoms with Gasteiger partial charge in [0.1, 0.15) is 23.6 Å². The molecule has 3 aromatic rings. The predicted octanol–water partition coefficient (Wildman–Crippen LogP) is 4.18. The Morgan fingerprint density at radius 1 is 1.23 bits per heavy atom. The Balaban J connectivity index is 1.44. The van der Waals surface area contributed by atoms with Crippen molar-refractivity contribution in [1.29, 1.82) is 0 Å². The first-order valence-electron chi connectivity index (χ1n) is 10.4. The number of ether oxygens (including phenoxy) is 2. The maximum atomic E-state index is 12.4. The molecule has 1 amide bonds. The molecule has 4 rings (SSSR count). The molecule has 1 aliphatic rings. The van der Waals surface area contributed by atoms with E-state index in [0.717, 1.165) is 30.6 Å². The van der Waals surface area contributed by atoms with Gasteiger partial charge in [0.15, 0.2) is 0 Å². The number of likely N-dealkylation sites (tertiary alicyclic amines) is 1. The number of hydrogen-bond acceptors (Lipinski definition) is 6. The number of anilines is 1. The highest BCUT2D eigenvalue weighted by atomic mass is 16.5. The Hall–Kier alpha value is -3.32. The first-order chi connectivity index (χ1) is 15.0. The van der Waals surface area contributed by atoms with Gasteiger partial charge in [-0.2, -0.15) is 0 Å². The molecule has 0 saturated carbocycles. The highest BCUT2D eigenvalue weighted by Gasteiger charge is 2.21. The molecule has 1 unspecified atom stereocenters. The van der Waals surface area contributed by atoms with Gasteiger partial charge in [0.2, 0.25) is 0 Å². The van der Waals surface area contributed by atoms with E-state index in [9.17, 15) is 9.59 Å². The fourth-order valence-corrected chi connectivity index (χ4v) is 3.79. The second kappa shape index (κ2) is 9.22. The average Bonchev–Trinajstić information content (AvgIpc) is 3.19. The smallest absolute Gasteiger partial charge is 0.412 e. The molecule has 0 aliphatic carbocycles. The maximum absolute atomic E-state index is 12.4. The van der Waals surface area contributed by atoms with E-state index >= 15 is 0 Å². The number of benzene rings is 2. The molecule has 1 N–H and O–H groups in total. The Kier molecular flexibility index (Phi) is 6.23.